The van der Waals surface area contributed by atoms with E-state index in [1.54, 1.807) is 4.90 Å². The summed E-state index contributed by atoms with van der Waals surface area (Å²) in [6.07, 6.45) is 0.811. The van der Waals surface area contributed by atoms with E-state index >= 15 is 0 Å². The highest BCUT2D eigenvalue weighted by Gasteiger charge is 2.33. The molecule has 1 aromatic carbocycles. The van der Waals surface area contributed by atoms with Crippen molar-refractivity contribution in [1.82, 2.24) is 14.5 Å². The molecular formula is C15H21ClN4O5S. The molecule has 0 spiro atoms. The molecule has 2 saturated heterocycles. The normalized spacial score (nSPS) is 21.2. The van der Waals surface area contributed by atoms with Gasteiger partial charge in [-0.2, -0.15) is 4.31 Å². The Hall–Kier alpha value is -1.75. The Morgan fingerprint density at radius 1 is 1.23 bits per heavy atom. The number of nitrogens with zero attached hydrogens (tertiary/aromatic N) is 3. The Kier molecular flexibility index (Phi) is 6.56. The number of piperazine rings is 1. The summed E-state index contributed by atoms with van der Waals surface area (Å²) in [5, 5.41) is 14.0. The molecular weight excluding hydrogens is 384 g/mol. The lowest BCUT2D eigenvalue weighted by Gasteiger charge is -2.35. The van der Waals surface area contributed by atoms with E-state index in [9.17, 15) is 23.3 Å². The van der Waals surface area contributed by atoms with E-state index < -0.39 is 14.9 Å². The van der Waals surface area contributed by atoms with Crippen molar-refractivity contribution in [1.29, 1.82) is 0 Å². The highest BCUT2D eigenvalue weighted by molar-refractivity contribution is 7.89. The molecule has 0 radical (unpaired) electrons. The van der Waals surface area contributed by atoms with Crippen LogP contribution in [0.25, 0.3) is 0 Å². The Morgan fingerprint density at radius 2 is 1.92 bits per heavy atom. The summed E-state index contributed by atoms with van der Waals surface area (Å²) in [6, 6.07) is 5.03. The fourth-order valence-corrected chi connectivity index (χ4v) is 4.64. The molecule has 3 rings (SSSR count). The lowest BCUT2D eigenvalue weighted by molar-refractivity contribution is -0.385. The lowest BCUT2D eigenvalue weighted by atomic mass is 10.1. The van der Waals surface area contributed by atoms with Gasteiger partial charge in [-0.05, 0) is 19.0 Å². The summed E-state index contributed by atoms with van der Waals surface area (Å²) < 4.78 is 26.6. The number of sulfonamides is 1. The first-order valence-electron chi connectivity index (χ1n) is 8.14. The molecule has 26 heavy (non-hydrogen) atoms. The van der Waals surface area contributed by atoms with Crippen LogP contribution in [0.15, 0.2) is 29.2 Å². The van der Waals surface area contributed by atoms with E-state index in [0.29, 0.717) is 19.6 Å². The largest absolute Gasteiger partial charge is 0.340 e. The van der Waals surface area contributed by atoms with Gasteiger partial charge in [-0.3, -0.25) is 14.9 Å². The number of nitro groups is 1. The number of amides is 1. The van der Waals surface area contributed by atoms with Crippen molar-refractivity contribution in [3.8, 4) is 0 Å². The average Bonchev–Trinajstić information content (AvgIpc) is 3.16. The van der Waals surface area contributed by atoms with Gasteiger partial charge in [-0.1, -0.05) is 6.07 Å². The van der Waals surface area contributed by atoms with Crippen LogP contribution in [0.5, 0.6) is 0 Å². The van der Waals surface area contributed by atoms with E-state index in [-0.39, 0.29) is 47.9 Å². The van der Waals surface area contributed by atoms with Crippen LogP contribution in [-0.4, -0.2) is 67.7 Å². The quantitative estimate of drug-likeness (QED) is 0.576. The van der Waals surface area contributed by atoms with Gasteiger partial charge in [0.05, 0.1) is 15.7 Å². The van der Waals surface area contributed by atoms with Crippen LogP contribution in [0.4, 0.5) is 5.69 Å². The monoisotopic (exact) mass is 404 g/mol. The predicted molar refractivity (Wildman–Crippen MR) is 96.7 cm³/mol. The van der Waals surface area contributed by atoms with E-state index in [1.807, 2.05) is 0 Å². The smallest absolute Gasteiger partial charge is 0.270 e. The fourth-order valence-electron chi connectivity index (χ4n) is 3.18. The molecule has 1 unspecified atom stereocenters. The zero-order valence-corrected chi connectivity index (χ0v) is 15.7. The van der Waals surface area contributed by atoms with Gasteiger partial charge in [0.25, 0.3) is 5.69 Å². The molecule has 2 aliphatic rings. The summed E-state index contributed by atoms with van der Waals surface area (Å²) in [7, 11) is -3.81. The van der Waals surface area contributed by atoms with E-state index in [4.69, 9.17) is 0 Å². The first kappa shape index (κ1) is 20.6. The van der Waals surface area contributed by atoms with Crippen LogP contribution in [0.1, 0.15) is 6.42 Å². The number of non-ortho nitro benzene ring substituents is 1. The number of carbonyl (C=O) groups excluding carboxylic acids is 1. The van der Waals surface area contributed by atoms with Crippen molar-refractivity contribution in [3.05, 3.63) is 34.4 Å². The number of benzene rings is 1. The molecule has 0 aliphatic carbocycles. The first-order chi connectivity index (χ1) is 11.9. The summed E-state index contributed by atoms with van der Waals surface area (Å²) in [5.74, 6) is 0.0392. The molecule has 1 atom stereocenters. The maximum Gasteiger partial charge on any atom is 0.270 e. The minimum absolute atomic E-state index is 0. The van der Waals surface area contributed by atoms with Gasteiger partial charge in [0.1, 0.15) is 0 Å². The molecule has 144 valence electrons. The van der Waals surface area contributed by atoms with Crippen molar-refractivity contribution in [2.45, 2.75) is 11.3 Å². The van der Waals surface area contributed by atoms with Crippen molar-refractivity contribution in [2.75, 3.05) is 39.3 Å². The number of hydrogen-bond donors (Lipinski definition) is 1. The van der Waals surface area contributed by atoms with Crippen molar-refractivity contribution < 1.29 is 18.1 Å². The Balaban J connectivity index is 0.00000243. The van der Waals surface area contributed by atoms with Gasteiger partial charge in [0.15, 0.2) is 0 Å². The molecule has 1 N–H and O–H groups in total. The third-order valence-corrected chi connectivity index (χ3v) is 6.52. The van der Waals surface area contributed by atoms with Gasteiger partial charge in [0, 0.05) is 44.9 Å². The van der Waals surface area contributed by atoms with Crippen molar-refractivity contribution in [2.24, 2.45) is 5.92 Å². The SMILES string of the molecule is Cl.O=C(C1CCNC1)N1CCN(S(=O)(=O)c2cccc([N+](=O)[O-])c2)CC1. The van der Waals surface area contributed by atoms with Gasteiger partial charge >= 0.3 is 0 Å². The standard InChI is InChI=1S/C15H20N4O5S.ClH/c20-15(12-4-5-16-11-12)17-6-8-18(9-7-17)25(23,24)14-3-1-2-13(10-14)19(21)22;/h1-3,10,12,16H,4-9,11H2;1H. The van der Waals surface area contributed by atoms with Crippen LogP contribution in [0.2, 0.25) is 0 Å². The minimum Gasteiger partial charge on any atom is -0.340 e. The zero-order chi connectivity index (χ0) is 18.0. The molecule has 2 aliphatic heterocycles. The van der Waals surface area contributed by atoms with Crippen molar-refractivity contribution in [3.63, 3.8) is 0 Å². The molecule has 0 bridgehead atoms. The number of nitro benzene ring substituents is 1. The van der Waals surface area contributed by atoms with Crippen LogP contribution in [0, 0.1) is 16.0 Å². The summed E-state index contributed by atoms with van der Waals surface area (Å²) in [6.45, 7) is 2.56. The van der Waals surface area contributed by atoms with E-state index in [0.717, 1.165) is 19.0 Å². The number of hydrogen-bond acceptors (Lipinski definition) is 6. The third-order valence-electron chi connectivity index (χ3n) is 4.63. The lowest BCUT2D eigenvalue weighted by Crippen LogP contribution is -2.52. The molecule has 1 amide bonds. The van der Waals surface area contributed by atoms with Gasteiger partial charge < -0.3 is 10.2 Å². The molecule has 0 saturated carbocycles. The number of rotatable bonds is 4. The highest BCUT2D eigenvalue weighted by atomic mass is 35.5. The van der Waals surface area contributed by atoms with Gasteiger partial charge in [-0.15, -0.1) is 12.4 Å². The van der Waals surface area contributed by atoms with Crippen LogP contribution in [-0.2, 0) is 14.8 Å². The Morgan fingerprint density at radius 3 is 2.50 bits per heavy atom. The average molecular weight is 405 g/mol. The second-order valence-corrected chi connectivity index (χ2v) is 8.11. The topological polar surface area (TPSA) is 113 Å². The Labute approximate surface area is 158 Å². The third kappa shape index (κ3) is 4.14. The van der Waals surface area contributed by atoms with Crippen LogP contribution < -0.4 is 5.32 Å². The maximum atomic E-state index is 12.7. The summed E-state index contributed by atoms with van der Waals surface area (Å²) in [5.41, 5.74) is -0.261. The molecule has 2 fully saturated rings. The molecule has 1 aromatic rings. The molecule has 0 aromatic heterocycles. The van der Waals surface area contributed by atoms with Crippen LogP contribution >= 0.6 is 12.4 Å². The van der Waals surface area contributed by atoms with Crippen LogP contribution in [0.3, 0.4) is 0 Å². The Bertz CT molecular complexity index is 774. The molecule has 2 heterocycles. The van der Waals surface area contributed by atoms with Gasteiger partial charge in [-0.25, -0.2) is 8.42 Å². The molecule has 11 heteroatoms. The number of nitrogens with one attached hydrogen (secondary N) is 1. The maximum absolute atomic E-state index is 12.7. The molecule has 9 nitrogen and oxygen atoms in total. The fraction of sp³-hybridized carbons (Fsp3) is 0.533. The van der Waals surface area contributed by atoms with E-state index in [1.165, 1.54) is 22.5 Å². The van der Waals surface area contributed by atoms with Gasteiger partial charge in [0.2, 0.25) is 15.9 Å². The second-order valence-electron chi connectivity index (χ2n) is 6.17. The zero-order valence-electron chi connectivity index (χ0n) is 14.0. The predicted octanol–water partition coefficient (Wildman–Crippen LogP) is 0.459. The number of halogens is 1. The summed E-state index contributed by atoms with van der Waals surface area (Å²) >= 11 is 0. The number of carbonyl (C=O) groups is 1. The minimum atomic E-state index is -3.81. The summed E-state index contributed by atoms with van der Waals surface area (Å²) in [4.78, 5) is 24.2. The van der Waals surface area contributed by atoms with Crippen molar-refractivity contribution >= 4 is 34.0 Å². The first-order valence-corrected chi connectivity index (χ1v) is 9.58. The highest BCUT2D eigenvalue weighted by Crippen LogP contribution is 2.22. The van der Waals surface area contributed by atoms with E-state index in [2.05, 4.69) is 5.32 Å². The second kappa shape index (κ2) is 8.30.